The molecule has 1 heterocycles. The average Bonchev–Trinajstić information content (AvgIpc) is 3.37. The quantitative estimate of drug-likeness (QED) is 0.125. The minimum absolute atomic E-state index is 0.0540. The van der Waals surface area contributed by atoms with Gasteiger partial charge in [0.25, 0.3) is 11.8 Å². The zero-order valence-electron chi connectivity index (χ0n) is 24.7. The van der Waals surface area contributed by atoms with E-state index in [4.69, 9.17) is 11.6 Å². The van der Waals surface area contributed by atoms with E-state index in [1.807, 2.05) is 12.1 Å². The number of halogens is 1. The normalized spacial score (nSPS) is 14.9. The molecule has 0 aliphatic heterocycles. The van der Waals surface area contributed by atoms with E-state index in [2.05, 4.69) is 28.9 Å². The fraction of sp³-hybridized carbons (Fsp3) is 0.200. The van der Waals surface area contributed by atoms with Crippen molar-refractivity contribution < 1.29 is 14.4 Å². The van der Waals surface area contributed by atoms with Crippen LogP contribution in [-0.2, 0) is 22.4 Å². The third-order valence-electron chi connectivity index (χ3n) is 7.34. The lowest BCUT2D eigenvalue weighted by atomic mass is 9.89. The first-order chi connectivity index (χ1) is 21.7. The first kappa shape index (κ1) is 32.0. The second-order valence-electron chi connectivity index (χ2n) is 10.8. The van der Waals surface area contributed by atoms with E-state index in [0.717, 1.165) is 29.7 Å². The molecule has 0 spiro atoms. The highest BCUT2D eigenvalue weighted by molar-refractivity contribution is 8.00. The Balaban J connectivity index is 1.28. The number of anilines is 2. The van der Waals surface area contributed by atoms with Gasteiger partial charge in [0.2, 0.25) is 5.91 Å². The van der Waals surface area contributed by atoms with Crippen molar-refractivity contribution in [2.75, 3.05) is 10.6 Å². The van der Waals surface area contributed by atoms with E-state index in [0.29, 0.717) is 38.3 Å². The number of benzene rings is 3. The first-order valence-electron chi connectivity index (χ1n) is 14.5. The predicted molar refractivity (Wildman–Crippen MR) is 183 cm³/mol. The monoisotopic (exact) mass is 654 g/mol. The van der Waals surface area contributed by atoms with Crippen molar-refractivity contribution in [1.29, 1.82) is 5.26 Å². The maximum Gasteiger partial charge on any atom is 0.272 e. The van der Waals surface area contributed by atoms with Crippen LogP contribution in [0, 0.1) is 17.2 Å². The number of thiophene rings is 1. The van der Waals surface area contributed by atoms with Crippen LogP contribution in [-0.4, -0.2) is 23.0 Å². The topological polar surface area (TPSA) is 111 Å². The highest BCUT2D eigenvalue weighted by Gasteiger charge is 2.26. The third kappa shape index (κ3) is 8.22. The number of nitriles is 1. The smallest absolute Gasteiger partial charge is 0.272 e. The van der Waals surface area contributed by atoms with Crippen LogP contribution in [0.2, 0.25) is 5.02 Å². The van der Waals surface area contributed by atoms with Crippen molar-refractivity contribution in [3.63, 3.8) is 0 Å². The molecular weight excluding hydrogens is 624 g/mol. The number of rotatable bonds is 9. The predicted octanol–water partition coefficient (Wildman–Crippen LogP) is 7.93. The van der Waals surface area contributed by atoms with Crippen LogP contribution in [0.4, 0.5) is 10.7 Å². The molecule has 4 aromatic rings. The molecule has 228 valence electrons. The van der Waals surface area contributed by atoms with E-state index in [1.165, 1.54) is 28.0 Å². The van der Waals surface area contributed by atoms with Gasteiger partial charge in [-0.25, -0.2) is 0 Å². The van der Waals surface area contributed by atoms with Gasteiger partial charge < -0.3 is 16.0 Å². The number of amides is 3. The molecule has 0 bridgehead atoms. The molecule has 10 heteroatoms. The van der Waals surface area contributed by atoms with Gasteiger partial charge in [-0.15, -0.1) is 23.1 Å². The number of carbonyl (C=O) groups is 3. The van der Waals surface area contributed by atoms with Crippen molar-refractivity contribution in [3.05, 3.63) is 117 Å². The van der Waals surface area contributed by atoms with Gasteiger partial charge in [0.05, 0.1) is 10.8 Å². The molecule has 3 amide bonds. The Kier molecular flexibility index (Phi) is 10.4. The van der Waals surface area contributed by atoms with E-state index in [9.17, 15) is 19.6 Å². The number of carbonyl (C=O) groups excluding carboxylic acids is 3. The summed E-state index contributed by atoms with van der Waals surface area (Å²) in [6.45, 7) is 4.01. The van der Waals surface area contributed by atoms with Crippen molar-refractivity contribution in [1.82, 2.24) is 5.32 Å². The largest absolute Gasteiger partial charge is 0.321 e. The van der Waals surface area contributed by atoms with Crippen LogP contribution in [0.15, 0.2) is 89.5 Å². The molecule has 45 heavy (non-hydrogen) atoms. The van der Waals surface area contributed by atoms with E-state index >= 15 is 0 Å². The van der Waals surface area contributed by atoms with Crippen molar-refractivity contribution >= 4 is 69.2 Å². The molecule has 1 aliphatic rings. The number of thioether (sulfide) groups is 1. The lowest BCUT2D eigenvalue weighted by Gasteiger charge is -2.17. The van der Waals surface area contributed by atoms with Crippen LogP contribution < -0.4 is 16.0 Å². The summed E-state index contributed by atoms with van der Waals surface area (Å²) < 4.78 is 0. The van der Waals surface area contributed by atoms with Crippen LogP contribution in [0.1, 0.15) is 52.2 Å². The van der Waals surface area contributed by atoms with E-state index in [1.54, 1.807) is 79.7 Å². The zero-order chi connectivity index (χ0) is 31.9. The molecule has 0 saturated carbocycles. The fourth-order valence-electron chi connectivity index (χ4n) is 4.94. The number of hydrogen-bond acceptors (Lipinski definition) is 6. The summed E-state index contributed by atoms with van der Waals surface area (Å²) in [4.78, 5) is 41.5. The number of nitrogens with one attached hydrogen (secondary N) is 3. The second kappa shape index (κ2) is 14.6. The van der Waals surface area contributed by atoms with Crippen LogP contribution in [0.3, 0.4) is 0 Å². The van der Waals surface area contributed by atoms with Crippen molar-refractivity contribution in [2.45, 2.75) is 43.3 Å². The summed E-state index contributed by atoms with van der Waals surface area (Å²) in [7, 11) is 0. The minimum atomic E-state index is -0.512. The van der Waals surface area contributed by atoms with Gasteiger partial charge in [-0.2, -0.15) is 5.26 Å². The number of hydrogen-bond donors (Lipinski definition) is 3. The Hall–Kier alpha value is -4.36. The zero-order valence-corrected chi connectivity index (χ0v) is 27.1. The lowest BCUT2D eigenvalue weighted by molar-refractivity contribution is -0.115. The summed E-state index contributed by atoms with van der Waals surface area (Å²) in [5.41, 5.74) is 3.31. The molecule has 1 aromatic heterocycles. The van der Waals surface area contributed by atoms with Gasteiger partial charge in [-0.3, -0.25) is 14.4 Å². The Morgan fingerprint density at radius 1 is 1.04 bits per heavy atom. The Morgan fingerprint density at radius 3 is 2.53 bits per heavy atom. The maximum atomic E-state index is 13.4. The molecule has 2 unspecified atom stereocenters. The van der Waals surface area contributed by atoms with Gasteiger partial charge in [0, 0.05) is 26.0 Å². The van der Waals surface area contributed by atoms with Crippen molar-refractivity contribution in [3.8, 4) is 6.07 Å². The summed E-state index contributed by atoms with van der Waals surface area (Å²) in [5, 5.41) is 19.1. The Labute approximate surface area is 275 Å². The maximum absolute atomic E-state index is 13.4. The molecule has 7 nitrogen and oxygen atoms in total. The fourth-order valence-corrected chi connectivity index (χ4v) is 7.36. The number of fused-ring (bicyclic) bond motifs is 1. The minimum Gasteiger partial charge on any atom is -0.321 e. The van der Waals surface area contributed by atoms with Gasteiger partial charge in [0.1, 0.15) is 16.8 Å². The summed E-state index contributed by atoms with van der Waals surface area (Å²) in [6, 6.07) is 25.0. The van der Waals surface area contributed by atoms with E-state index in [-0.39, 0.29) is 11.6 Å². The summed E-state index contributed by atoms with van der Waals surface area (Å²) >= 11 is 8.87. The molecule has 0 saturated heterocycles. The third-order valence-corrected chi connectivity index (χ3v) is 9.86. The molecule has 3 aromatic carbocycles. The molecule has 0 radical (unpaired) electrons. The van der Waals surface area contributed by atoms with Gasteiger partial charge >= 0.3 is 0 Å². The molecular formula is C35H31ClN4O3S2. The van der Waals surface area contributed by atoms with Gasteiger partial charge in [-0.1, -0.05) is 54.9 Å². The molecule has 0 fully saturated rings. The number of nitrogens with zero attached hydrogens (tertiary/aromatic N) is 1. The van der Waals surface area contributed by atoms with Crippen LogP contribution in [0.25, 0.3) is 6.08 Å². The van der Waals surface area contributed by atoms with Crippen LogP contribution in [0.5, 0.6) is 0 Å². The highest BCUT2D eigenvalue weighted by atomic mass is 35.5. The Bertz CT molecular complexity index is 1800. The average molecular weight is 655 g/mol. The van der Waals surface area contributed by atoms with E-state index < -0.39 is 17.1 Å². The standard InChI is InChI=1S/C35H31ClN4O3S2/c1-21-11-16-28-29(20-37)35(45-31(28)17-21)40-32(41)22(2)44-27-10-6-9-26(19-27)38-34(43)30(18-23-12-14-25(36)15-13-23)39-33(42)24-7-4-3-5-8-24/h3-10,12-15,18-19,21-22H,11,16-17H2,1-2H3,(H,38,43)(H,39,42)(H,40,41)/b30-18+. The summed E-state index contributed by atoms with van der Waals surface area (Å²) in [5.74, 6) is -0.565. The molecule has 2 atom stereocenters. The first-order valence-corrected chi connectivity index (χ1v) is 16.5. The van der Waals surface area contributed by atoms with Gasteiger partial charge in [-0.05, 0) is 91.8 Å². The molecule has 3 N–H and O–H groups in total. The van der Waals surface area contributed by atoms with Crippen molar-refractivity contribution in [2.24, 2.45) is 5.92 Å². The Morgan fingerprint density at radius 2 is 1.80 bits per heavy atom. The lowest BCUT2D eigenvalue weighted by Crippen LogP contribution is -2.30. The van der Waals surface area contributed by atoms with Crippen LogP contribution >= 0.6 is 34.7 Å². The molecule has 5 rings (SSSR count). The second-order valence-corrected chi connectivity index (χ2v) is 13.8. The SMILES string of the molecule is CC1CCc2c(sc(NC(=O)C(C)Sc3cccc(NC(=O)/C(=C\c4ccc(Cl)cc4)NC(=O)c4ccccc4)c3)c2C#N)C1. The van der Waals surface area contributed by atoms with Gasteiger partial charge in [0.15, 0.2) is 0 Å². The summed E-state index contributed by atoms with van der Waals surface area (Å²) in [6.07, 6.45) is 4.42. The highest BCUT2D eigenvalue weighted by Crippen LogP contribution is 2.39. The molecule has 1 aliphatic carbocycles.